The number of nitrogens with one attached hydrogen (secondary N) is 2. The SMILES string of the molecule is Cc1cc(S(=O)(=O)Nc2ccc3nc(CN(C)C)[nH]c3c2)c(C)o1. The molecule has 7 nitrogen and oxygen atoms in total. The lowest BCUT2D eigenvalue weighted by Gasteiger charge is -2.06. The molecule has 8 heteroatoms. The highest BCUT2D eigenvalue weighted by Crippen LogP contribution is 2.24. The molecular weight excluding hydrogens is 328 g/mol. The van der Waals surface area contributed by atoms with Gasteiger partial charge >= 0.3 is 0 Å². The molecule has 0 aliphatic rings. The minimum Gasteiger partial charge on any atom is -0.465 e. The number of sulfonamides is 1. The molecule has 0 fully saturated rings. The maximum absolute atomic E-state index is 12.5. The van der Waals surface area contributed by atoms with Crippen LogP contribution in [0.5, 0.6) is 0 Å². The third-order valence-electron chi connectivity index (χ3n) is 3.53. The summed E-state index contributed by atoms with van der Waals surface area (Å²) in [6, 6.07) is 6.74. The molecule has 2 heterocycles. The molecule has 0 aliphatic heterocycles. The lowest BCUT2D eigenvalue weighted by molar-refractivity contribution is 0.392. The highest BCUT2D eigenvalue weighted by Gasteiger charge is 2.21. The lowest BCUT2D eigenvalue weighted by Crippen LogP contribution is -2.13. The number of aromatic nitrogens is 2. The van der Waals surface area contributed by atoms with E-state index in [0.717, 1.165) is 16.9 Å². The summed E-state index contributed by atoms with van der Waals surface area (Å²) >= 11 is 0. The maximum Gasteiger partial charge on any atom is 0.265 e. The Balaban J connectivity index is 1.91. The van der Waals surface area contributed by atoms with Gasteiger partial charge in [0.2, 0.25) is 0 Å². The van der Waals surface area contributed by atoms with Crippen molar-refractivity contribution in [2.75, 3.05) is 18.8 Å². The Kier molecular flexibility index (Phi) is 4.10. The molecule has 0 aliphatic carbocycles. The third kappa shape index (κ3) is 3.29. The molecule has 0 atom stereocenters. The lowest BCUT2D eigenvalue weighted by atomic mass is 10.3. The molecule has 0 bridgehead atoms. The number of benzene rings is 1. The number of aromatic amines is 1. The van der Waals surface area contributed by atoms with E-state index in [4.69, 9.17) is 4.42 Å². The zero-order chi connectivity index (χ0) is 17.5. The van der Waals surface area contributed by atoms with E-state index in [0.29, 0.717) is 23.8 Å². The van der Waals surface area contributed by atoms with Crippen molar-refractivity contribution in [2.45, 2.75) is 25.3 Å². The largest absolute Gasteiger partial charge is 0.465 e. The fourth-order valence-electron chi connectivity index (χ4n) is 2.58. The average Bonchev–Trinajstić information content (AvgIpc) is 2.99. The molecule has 0 amide bonds. The topological polar surface area (TPSA) is 91.2 Å². The Hall–Kier alpha value is -2.32. The second-order valence-electron chi connectivity index (χ2n) is 6.04. The molecule has 3 rings (SSSR count). The number of fused-ring (bicyclic) bond motifs is 1. The predicted molar refractivity (Wildman–Crippen MR) is 92.5 cm³/mol. The van der Waals surface area contributed by atoms with Gasteiger partial charge in [0.25, 0.3) is 10.0 Å². The fraction of sp³-hybridized carbons (Fsp3) is 0.312. The van der Waals surface area contributed by atoms with Gasteiger partial charge in [-0.2, -0.15) is 0 Å². The minimum atomic E-state index is -3.69. The first-order valence-electron chi connectivity index (χ1n) is 7.48. The zero-order valence-electron chi connectivity index (χ0n) is 14.0. The van der Waals surface area contributed by atoms with Crippen molar-refractivity contribution in [1.29, 1.82) is 0 Å². The third-order valence-corrected chi connectivity index (χ3v) is 5.02. The van der Waals surface area contributed by atoms with E-state index in [1.165, 1.54) is 6.07 Å². The molecule has 0 spiro atoms. The highest BCUT2D eigenvalue weighted by atomic mass is 32.2. The quantitative estimate of drug-likeness (QED) is 0.739. The Morgan fingerprint density at radius 1 is 1.25 bits per heavy atom. The van der Waals surface area contributed by atoms with Crippen molar-refractivity contribution in [3.05, 3.63) is 41.6 Å². The normalized spacial score (nSPS) is 12.2. The molecule has 128 valence electrons. The van der Waals surface area contributed by atoms with Crippen LogP contribution in [0, 0.1) is 13.8 Å². The summed E-state index contributed by atoms with van der Waals surface area (Å²) in [6.07, 6.45) is 0. The molecule has 0 saturated heterocycles. The Bertz CT molecular complexity index is 986. The number of rotatable bonds is 5. The van der Waals surface area contributed by atoms with E-state index < -0.39 is 10.0 Å². The van der Waals surface area contributed by atoms with Gasteiger partial charge in [0.1, 0.15) is 22.2 Å². The maximum atomic E-state index is 12.5. The number of furan rings is 1. The van der Waals surface area contributed by atoms with Crippen LogP contribution in [-0.4, -0.2) is 37.4 Å². The van der Waals surface area contributed by atoms with Crippen molar-refractivity contribution in [3.8, 4) is 0 Å². The highest BCUT2D eigenvalue weighted by molar-refractivity contribution is 7.92. The van der Waals surface area contributed by atoms with E-state index in [1.54, 1.807) is 32.0 Å². The summed E-state index contributed by atoms with van der Waals surface area (Å²) in [7, 11) is 0.230. The summed E-state index contributed by atoms with van der Waals surface area (Å²) < 4.78 is 32.9. The van der Waals surface area contributed by atoms with Gasteiger partial charge in [-0.1, -0.05) is 0 Å². The van der Waals surface area contributed by atoms with Crippen molar-refractivity contribution in [2.24, 2.45) is 0 Å². The Morgan fingerprint density at radius 2 is 2.00 bits per heavy atom. The summed E-state index contributed by atoms with van der Waals surface area (Å²) in [5, 5.41) is 0. The number of H-pyrrole nitrogens is 1. The number of aryl methyl sites for hydroxylation is 2. The van der Waals surface area contributed by atoms with Crippen LogP contribution < -0.4 is 4.72 Å². The number of anilines is 1. The molecule has 0 radical (unpaired) electrons. The Labute approximate surface area is 140 Å². The van der Waals surface area contributed by atoms with Crippen molar-refractivity contribution in [3.63, 3.8) is 0 Å². The van der Waals surface area contributed by atoms with Crippen molar-refractivity contribution in [1.82, 2.24) is 14.9 Å². The van der Waals surface area contributed by atoms with E-state index in [9.17, 15) is 8.42 Å². The van der Waals surface area contributed by atoms with E-state index >= 15 is 0 Å². The standard InChI is InChI=1S/C16H20N4O3S/c1-10-7-15(11(2)23-10)24(21,22)19-12-5-6-13-14(8-12)18-16(17-13)9-20(3)4/h5-8,19H,9H2,1-4H3,(H,17,18). The van der Waals surface area contributed by atoms with Crippen LogP contribution in [0.3, 0.4) is 0 Å². The van der Waals surface area contributed by atoms with Gasteiger partial charge in [-0.3, -0.25) is 4.72 Å². The monoisotopic (exact) mass is 348 g/mol. The summed E-state index contributed by atoms with van der Waals surface area (Å²) in [5.74, 6) is 1.76. The summed E-state index contributed by atoms with van der Waals surface area (Å²) in [6.45, 7) is 4.03. The minimum absolute atomic E-state index is 0.151. The van der Waals surface area contributed by atoms with Crippen LogP contribution >= 0.6 is 0 Å². The van der Waals surface area contributed by atoms with Crippen LogP contribution in [0.15, 0.2) is 33.6 Å². The Morgan fingerprint density at radius 3 is 2.62 bits per heavy atom. The van der Waals surface area contributed by atoms with Gasteiger partial charge < -0.3 is 14.3 Å². The first kappa shape index (κ1) is 16.5. The molecular formula is C16H20N4O3S. The van der Waals surface area contributed by atoms with Crippen LogP contribution in [-0.2, 0) is 16.6 Å². The first-order valence-corrected chi connectivity index (χ1v) is 8.96. The van der Waals surface area contributed by atoms with E-state index in [1.807, 2.05) is 19.0 Å². The van der Waals surface area contributed by atoms with Gasteiger partial charge in [0.05, 0.1) is 23.3 Å². The van der Waals surface area contributed by atoms with Gasteiger partial charge in [-0.05, 0) is 46.1 Å². The van der Waals surface area contributed by atoms with Gasteiger partial charge in [0.15, 0.2) is 0 Å². The van der Waals surface area contributed by atoms with Crippen LogP contribution in [0.1, 0.15) is 17.3 Å². The van der Waals surface area contributed by atoms with Gasteiger partial charge in [0, 0.05) is 6.07 Å². The number of hydrogen-bond acceptors (Lipinski definition) is 5. The number of imidazole rings is 1. The summed E-state index contributed by atoms with van der Waals surface area (Å²) in [5.41, 5.74) is 2.05. The van der Waals surface area contributed by atoms with E-state index in [2.05, 4.69) is 14.7 Å². The summed E-state index contributed by atoms with van der Waals surface area (Å²) in [4.78, 5) is 9.84. The van der Waals surface area contributed by atoms with Crippen LogP contribution in [0.2, 0.25) is 0 Å². The molecule has 3 aromatic rings. The van der Waals surface area contributed by atoms with Gasteiger partial charge in [-0.15, -0.1) is 0 Å². The molecule has 0 unspecified atom stereocenters. The molecule has 1 aromatic carbocycles. The second-order valence-corrected chi connectivity index (χ2v) is 7.69. The van der Waals surface area contributed by atoms with Crippen LogP contribution in [0.4, 0.5) is 5.69 Å². The van der Waals surface area contributed by atoms with Crippen LogP contribution in [0.25, 0.3) is 11.0 Å². The average molecular weight is 348 g/mol. The molecule has 2 N–H and O–H groups in total. The number of nitrogens with zero attached hydrogens (tertiary/aromatic N) is 2. The predicted octanol–water partition coefficient (Wildman–Crippen LogP) is 2.64. The number of hydrogen-bond donors (Lipinski definition) is 2. The van der Waals surface area contributed by atoms with E-state index in [-0.39, 0.29) is 4.90 Å². The second kappa shape index (κ2) is 5.95. The molecule has 0 saturated carbocycles. The molecule has 24 heavy (non-hydrogen) atoms. The van der Waals surface area contributed by atoms with Crippen molar-refractivity contribution >= 4 is 26.7 Å². The van der Waals surface area contributed by atoms with Crippen molar-refractivity contribution < 1.29 is 12.8 Å². The zero-order valence-corrected chi connectivity index (χ0v) is 14.9. The molecule has 2 aromatic heterocycles. The smallest absolute Gasteiger partial charge is 0.265 e. The van der Waals surface area contributed by atoms with Gasteiger partial charge in [-0.25, -0.2) is 13.4 Å². The fourth-order valence-corrected chi connectivity index (χ4v) is 3.87. The first-order chi connectivity index (χ1) is 11.2.